The van der Waals surface area contributed by atoms with Gasteiger partial charge in [0.1, 0.15) is 11.5 Å². The van der Waals surface area contributed by atoms with Gasteiger partial charge in [0.15, 0.2) is 5.69 Å². The van der Waals surface area contributed by atoms with Gasteiger partial charge in [0, 0.05) is 37.3 Å². The molecule has 1 amide bonds. The van der Waals surface area contributed by atoms with Crippen molar-refractivity contribution < 1.29 is 14.3 Å². The highest BCUT2D eigenvalue weighted by atomic mass is 16.5. The van der Waals surface area contributed by atoms with Gasteiger partial charge in [-0.2, -0.15) is 9.78 Å². The predicted molar refractivity (Wildman–Crippen MR) is 135 cm³/mol. The fourth-order valence-corrected chi connectivity index (χ4v) is 4.36. The number of benzene rings is 3. The minimum Gasteiger partial charge on any atom is -0.497 e. The molecule has 0 N–H and O–H groups in total. The van der Waals surface area contributed by atoms with Gasteiger partial charge in [0.25, 0.3) is 11.5 Å². The van der Waals surface area contributed by atoms with Crippen LogP contribution in [0.5, 0.6) is 11.5 Å². The molecule has 178 valence electrons. The van der Waals surface area contributed by atoms with E-state index in [2.05, 4.69) is 10.00 Å². The van der Waals surface area contributed by atoms with Crippen LogP contribution in [0.3, 0.4) is 0 Å². The quantitative estimate of drug-likeness (QED) is 0.445. The molecule has 3 aromatic carbocycles. The fourth-order valence-electron chi connectivity index (χ4n) is 4.36. The number of methoxy groups -OCH3 is 2. The normalized spacial score (nSPS) is 13.7. The predicted octanol–water partition coefficient (Wildman–Crippen LogP) is 3.37. The molecule has 35 heavy (non-hydrogen) atoms. The van der Waals surface area contributed by atoms with E-state index in [9.17, 15) is 9.59 Å². The molecule has 0 radical (unpaired) electrons. The van der Waals surface area contributed by atoms with Crippen molar-refractivity contribution in [3.05, 3.63) is 88.8 Å². The second kappa shape index (κ2) is 9.50. The van der Waals surface area contributed by atoms with E-state index in [1.165, 1.54) is 4.68 Å². The number of nitrogens with zero attached hydrogens (tertiary/aromatic N) is 4. The maximum absolute atomic E-state index is 13.6. The molecule has 4 aromatic rings. The van der Waals surface area contributed by atoms with Gasteiger partial charge < -0.3 is 19.3 Å². The Morgan fingerprint density at radius 1 is 0.743 bits per heavy atom. The number of aromatic nitrogens is 2. The Morgan fingerprint density at radius 2 is 1.29 bits per heavy atom. The lowest BCUT2D eigenvalue weighted by molar-refractivity contribution is 0.0741. The third kappa shape index (κ3) is 4.30. The average molecular weight is 471 g/mol. The zero-order chi connectivity index (χ0) is 24.4. The van der Waals surface area contributed by atoms with Crippen molar-refractivity contribution in [2.45, 2.75) is 0 Å². The summed E-state index contributed by atoms with van der Waals surface area (Å²) in [6, 6.07) is 22.1. The molecule has 1 fully saturated rings. The SMILES string of the molecule is COc1ccc(N2CCN(C(=O)c3nn(-c4ccc(OC)cc4)c(=O)c4ccccc34)CC2)cc1. The summed E-state index contributed by atoms with van der Waals surface area (Å²) in [6.07, 6.45) is 0. The van der Waals surface area contributed by atoms with Crippen LogP contribution in [0.1, 0.15) is 10.5 Å². The zero-order valence-electron chi connectivity index (χ0n) is 19.7. The molecule has 0 unspecified atom stereocenters. The number of hydrogen-bond acceptors (Lipinski definition) is 6. The number of ether oxygens (including phenoxy) is 2. The summed E-state index contributed by atoms with van der Waals surface area (Å²) >= 11 is 0. The van der Waals surface area contributed by atoms with E-state index in [1.807, 2.05) is 30.3 Å². The molecule has 2 heterocycles. The van der Waals surface area contributed by atoms with Gasteiger partial charge in [-0.25, -0.2) is 0 Å². The summed E-state index contributed by atoms with van der Waals surface area (Å²) < 4.78 is 11.8. The third-order valence-electron chi connectivity index (χ3n) is 6.33. The van der Waals surface area contributed by atoms with Gasteiger partial charge in [0.2, 0.25) is 0 Å². The van der Waals surface area contributed by atoms with Gasteiger partial charge in [-0.15, -0.1) is 0 Å². The number of carbonyl (C=O) groups excluding carboxylic acids is 1. The lowest BCUT2D eigenvalue weighted by Gasteiger charge is -2.36. The molecular formula is C27H26N4O4. The molecule has 1 aliphatic heterocycles. The van der Waals surface area contributed by atoms with Crippen LogP contribution in [0.25, 0.3) is 16.5 Å². The van der Waals surface area contributed by atoms with Gasteiger partial charge in [-0.05, 0) is 54.6 Å². The summed E-state index contributed by atoms with van der Waals surface area (Å²) in [5.74, 6) is 1.30. The van der Waals surface area contributed by atoms with Crippen LogP contribution < -0.4 is 19.9 Å². The van der Waals surface area contributed by atoms with Crippen LogP contribution >= 0.6 is 0 Å². The highest BCUT2D eigenvalue weighted by Gasteiger charge is 2.26. The lowest BCUT2D eigenvalue weighted by atomic mass is 10.1. The Labute approximate surface area is 202 Å². The monoisotopic (exact) mass is 470 g/mol. The summed E-state index contributed by atoms with van der Waals surface area (Å²) in [5, 5.41) is 5.56. The van der Waals surface area contributed by atoms with E-state index in [1.54, 1.807) is 61.6 Å². The largest absolute Gasteiger partial charge is 0.497 e. The van der Waals surface area contributed by atoms with E-state index < -0.39 is 0 Å². The molecule has 0 atom stereocenters. The van der Waals surface area contributed by atoms with Crippen LogP contribution in [0.2, 0.25) is 0 Å². The van der Waals surface area contributed by atoms with Crippen LogP contribution in [0.15, 0.2) is 77.6 Å². The molecule has 0 spiro atoms. The highest BCUT2D eigenvalue weighted by molar-refractivity contribution is 6.05. The van der Waals surface area contributed by atoms with Crippen LogP contribution in [-0.2, 0) is 0 Å². The number of piperazine rings is 1. The molecule has 1 aliphatic rings. The van der Waals surface area contributed by atoms with E-state index in [-0.39, 0.29) is 17.2 Å². The highest BCUT2D eigenvalue weighted by Crippen LogP contribution is 2.22. The molecule has 0 aliphatic carbocycles. The minimum absolute atomic E-state index is 0.183. The summed E-state index contributed by atoms with van der Waals surface area (Å²) in [7, 11) is 3.23. The maximum atomic E-state index is 13.6. The first kappa shape index (κ1) is 22.5. The number of amides is 1. The summed E-state index contributed by atoms with van der Waals surface area (Å²) in [4.78, 5) is 30.9. The average Bonchev–Trinajstić information content (AvgIpc) is 2.93. The Hall–Kier alpha value is -4.33. The summed E-state index contributed by atoms with van der Waals surface area (Å²) in [6.45, 7) is 2.52. The fraction of sp³-hybridized carbons (Fsp3) is 0.222. The molecule has 8 heteroatoms. The second-order valence-electron chi connectivity index (χ2n) is 8.29. The Balaban J connectivity index is 1.44. The Kier molecular flexibility index (Phi) is 6.10. The molecule has 1 saturated heterocycles. The van der Waals surface area contributed by atoms with Crippen molar-refractivity contribution in [1.29, 1.82) is 0 Å². The standard InChI is InChI=1S/C27H26N4O4/c1-34-21-11-7-19(8-12-21)29-15-17-30(18-16-29)27(33)25-23-5-3-4-6-24(23)26(32)31(28-25)20-9-13-22(35-2)14-10-20/h3-14H,15-18H2,1-2H3. The molecule has 8 nitrogen and oxygen atoms in total. The second-order valence-corrected chi connectivity index (χ2v) is 8.29. The first-order valence-corrected chi connectivity index (χ1v) is 11.4. The van der Waals surface area contributed by atoms with E-state index in [4.69, 9.17) is 9.47 Å². The van der Waals surface area contributed by atoms with E-state index in [0.717, 1.165) is 11.4 Å². The number of carbonyl (C=O) groups is 1. The number of anilines is 1. The van der Waals surface area contributed by atoms with Crippen molar-refractivity contribution in [3.63, 3.8) is 0 Å². The van der Waals surface area contributed by atoms with Crippen LogP contribution in [0, 0.1) is 0 Å². The number of hydrogen-bond donors (Lipinski definition) is 0. The molecule has 0 bridgehead atoms. The van der Waals surface area contributed by atoms with Crippen molar-refractivity contribution in [1.82, 2.24) is 14.7 Å². The minimum atomic E-state index is -0.272. The summed E-state index contributed by atoms with van der Waals surface area (Å²) in [5.41, 5.74) is 1.66. The molecule has 5 rings (SSSR count). The Bertz CT molecular complexity index is 1410. The topological polar surface area (TPSA) is 76.9 Å². The van der Waals surface area contributed by atoms with Crippen molar-refractivity contribution in [2.75, 3.05) is 45.3 Å². The van der Waals surface area contributed by atoms with Crippen LogP contribution in [0.4, 0.5) is 5.69 Å². The first-order chi connectivity index (χ1) is 17.1. The van der Waals surface area contributed by atoms with Crippen molar-refractivity contribution >= 4 is 22.4 Å². The molecule has 0 saturated carbocycles. The van der Waals surface area contributed by atoms with Crippen molar-refractivity contribution in [2.24, 2.45) is 0 Å². The van der Waals surface area contributed by atoms with Gasteiger partial charge in [0.05, 0.1) is 25.3 Å². The van der Waals surface area contributed by atoms with E-state index in [0.29, 0.717) is 48.4 Å². The number of fused-ring (bicyclic) bond motifs is 1. The van der Waals surface area contributed by atoms with Gasteiger partial charge in [-0.3, -0.25) is 9.59 Å². The first-order valence-electron chi connectivity index (χ1n) is 11.4. The maximum Gasteiger partial charge on any atom is 0.279 e. The third-order valence-corrected chi connectivity index (χ3v) is 6.33. The zero-order valence-corrected chi connectivity index (χ0v) is 19.7. The lowest BCUT2D eigenvalue weighted by Crippen LogP contribution is -2.49. The van der Waals surface area contributed by atoms with Crippen molar-refractivity contribution in [3.8, 4) is 17.2 Å². The molecule has 1 aromatic heterocycles. The van der Waals surface area contributed by atoms with Gasteiger partial charge >= 0.3 is 0 Å². The Morgan fingerprint density at radius 3 is 1.86 bits per heavy atom. The van der Waals surface area contributed by atoms with E-state index >= 15 is 0 Å². The van der Waals surface area contributed by atoms with Gasteiger partial charge in [-0.1, -0.05) is 18.2 Å². The number of rotatable bonds is 5. The van der Waals surface area contributed by atoms with Crippen LogP contribution in [-0.4, -0.2) is 61.0 Å². The smallest absolute Gasteiger partial charge is 0.279 e. The molecular weight excluding hydrogens is 444 g/mol.